The smallest absolute Gasteiger partial charge is 0.377 e. The van der Waals surface area contributed by atoms with Crippen molar-refractivity contribution in [3.63, 3.8) is 0 Å². The molecule has 0 aromatic heterocycles. The van der Waals surface area contributed by atoms with E-state index in [4.69, 9.17) is 10.6 Å². The molecule has 0 spiro atoms. The van der Waals surface area contributed by atoms with Gasteiger partial charge in [0.2, 0.25) is 0 Å². The molecule has 1 saturated heterocycles. The van der Waals surface area contributed by atoms with Crippen LogP contribution in [0.15, 0.2) is 48.5 Å². The van der Waals surface area contributed by atoms with Crippen LogP contribution < -0.4 is 16.2 Å². The summed E-state index contributed by atoms with van der Waals surface area (Å²) < 4.78 is 44.6. The predicted octanol–water partition coefficient (Wildman–Crippen LogP) is 2.76. The monoisotopic (exact) mass is 379 g/mol. The van der Waals surface area contributed by atoms with E-state index in [1.165, 1.54) is 12.1 Å². The quantitative estimate of drug-likeness (QED) is 0.487. The van der Waals surface area contributed by atoms with Gasteiger partial charge in [0.15, 0.2) is 0 Å². The molecule has 0 saturated carbocycles. The second-order valence-corrected chi connectivity index (χ2v) is 6.34. The van der Waals surface area contributed by atoms with E-state index in [1.54, 1.807) is 18.2 Å². The molecule has 0 bridgehead atoms. The topological polar surface area (TPSA) is 67.6 Å². The molecule has 0 aliphatic carbocycles. The lowest BCUT2D eigenvalue weighted by Gasteiger charge is -2.38. The number of halogens is 3. The van der Waals surface area contributed by atoms with Crippen molar-refractivity contribution in [2.24, 2.45) is 5.84 Å². The maximum absolute atomic E-state index is 13.0. The van der Waals surface area contributed by atoms with Gasteiger partial charge in [-0.25, -0.2) is 5.84 Å². The Morgan fingerprint density at radius 1 is 1.22 bits per heavy atom. The summed E-state index contributed by atoms with van der Waals surface area (Å²) in [5.74, 6) is 4.73. The Labute approximate surface area is 154 Å². The number of hydrogen-bond acceptors (Lipinski definition) is 4. The Kier molecular flexibility index (Phi) is 5.67. The zero-order valence-corrected chi connectivity index (χ0v) is 14.5. The number of rotatable bonds is 4. The molecule has 0 radical (unpaired) electrons. The molecule has 2 aromatic rings. The lowest BCUT2D eigenvalue weighted by molar-refractivity contribution is -0.137. The van der Waals surface area contributed by atoms with Gasteiger partial charge in [0, 0.05) is 17.8 Å². The van der Waals surface area contributed by atoms with E-state index < -0.39 is 11.7 Å². The molecule has 3 rings (SSSR count). The van der Waals surface area contributed by atoms with Gasteiger partial charge in [0.25, 0.3) is 5.91 Å². The number of anilines is 1. The molecule has 1 aliphatic rings. The number of nitrogens with zero attached hydrogens (tertiary/aromatic N) is 1. The average Bonchev–Trinajstić information content (AvgIpc) is 2.68. The lowest BCUT2D eigenvalue weighted by atomic mass is 10.0. The minimum absolute atomic E-state index is 0.101. The molecule has 2 aromatic carbocycles. The van der Waals surface area contributed by atoms with Gasteiger partial charge in [-0.3, -0.25) is 10.2 Å². The molecular formula is C19H20F3N3O2. The Morgan fingerprint density at radius 3 is 2.63 bits per heavy atom. The Morgan fingerprint density at radius 2 is 1.96 bits per heavy atom. The van der Waals surface area contributed by atoms with Crippen LogP contribution in [-0.4, -0.2) is 31.7 Å². The van der Waals surface area contributed by atoms with Crippen molar-refractivity contribution in [1.29, 1.82) is 0 Å². The molecule has 1 atom stereocenters. The van der Waals surface area contributed by atoms with Crippen molar-refractivity contribution in [3.8, 4) is 0 Å². The van der Waals surface area contributed by atoms with Crippen LogP contribution in [0.1, 0.15) is 21.5 Å². The van der Waals surface area contributed by atoms with Crippen molar-refractivity contribution in [1.82, 2.24) is 5.43 Å². The van der Waals surface area contributed by atoms with Crippen LogP contribution in [0.3, 0.4) is 0 Å². The Bertz CT molecular complexity index is 794. The fourth-order valence-corrected chi connectivity index (χ4v) is 3.17. The van der Waals surface area contributed by atoms with E-state index >= 15 is 0 Å². The van der Waals surface area contributed by atoms with Gasteiger partial charge in [-0.05, 0) is 42.3 Å². The van der Waals surface area contributed by atoms with Crippen molar-refractivity contribution >= 4 is 11.6 Å². The fourth-order valence-electron chi connectivity index (χ4n) is 3.17. The number of nitrogens with one attached hydrogen (secondary N) is 1. The van der Waals surface area contributed by atoms with Gasteiger partial charge < -0.3 is 9.64 Å². The normalized spacial score (nSPS) is 17.6. The summed E-state index contributed by atoms with van der Waals surface area (Å²) >= 11 is 0. The van der Waals surface area contributed by atoms with Gasteiger partial charge in [-0.2, -0.15) is 13.2 Å². The zero-order valence-electron chi connectivity index (χ0n) is 14.5. The van der Waals surface area contributed by atoms with E-state index in [-0.39, 0.29) is 11.9 Å². The maximum Gasteiger partial charge on any atom is 0.416 e. The Hall–Kier alpha value is -2.58. The van der Waals surface area contributed by atoms with E-state index in [2.05, 4.69) is 5.43 Å². The molecule has 27 heavy (non-hydrogen) atoms. The van der Waals surface area contributed by atoms with Crippen LogP contribution in [-0.2, 0) is 17.3 Å². The first kappa shape index (κ1) is 19.2. The fraction of sp³-hybridized carbons (Fsp3) is 0.316. The number of hydrazine groups is 1. The molecule has 1 aliphatic heterocycles. The minimum atomic E-state index is -4.38. The summed E-state index contributed by atoms with van der Waals surface area (Å²) in [5.41, 5.74) is 3.33. The minimum Gasteiger partial charge on any atom is -0.377 e. The third-order valence-corrected chi connectivity index (χ3v) is 4.55. The molecule has 5 nitrogen and oxygen atoms in total. The number of alkyl halides is 3. The summed E-state index contributed by atoms with van der Waals surface area (Å²) in [6, 6.07) is 12.2. The van der Waals surface area contributed by atoms with Crippen molar-refractivity contribution in [2.45, 2.75) is 18.6 Å². The number of ether oxygens (including phenoxy) is 1. The standard InChI is InChI=1S/C19H20F3N3O2/c20-19(21,22)15-2-1-3-16(11-15)25-8-9-27-12-17(25)10-13-4-6-14(7-5-13)18(26)24-23/h1-7,11,17H,8-10,12,23H2,(H,24,26). The summed E-state index contributed by atoms with van der Waals surface area (Å²) in [6.07, 6.45) is -3.79. The van der Waals surface area contributed by atoms with Crippen LogP contribution in [0.25, 0.3) is 0 Å². The lowest BCUT2D eigenvalue weighted by Crippen LogP contribution is -2.46. The average molecular weight is 379 g/mol. The van der Waals surface area contributed by atoms with Crippen LogP contribution in [0.5, 0.6) is 0 Å². The largest absolute Gasteiger partial charge is 0.416 e. The van der Waals surface area contributed by atoms with Gasteiger partial charge in [0.1, 0.15) is 0 Å². The summed E-state index contributed by atoms with van der Waals surface area (Å²) in [6.45, 7) is 1.39. The van der Waals surface area contributed by atoms with Gasteiger partial charge in [-0.1, -0.05) is 18.2 Å². The SMILES string of the molecule is NNC(=O)c1ccc(CC2COCCN2c2cccc(C(F)(F)F)c2)cc1. The van der Waals surface area contributed by atoms with Crippen LogP contribution in [0.4, 0.5) is 18.9 Å². The molecular weight excluding hydrogens is 359 g/mol. The second-order valence-electron chi connectivity index (χ2n) is 6.34. The van der Waals surface area contributed by atoms with E-state index in [0.717, 1.165) is 11.6 Å². The van der Waals surface area contributed by atoms with Gasteiger partial charge >= 0.3 is 6.18 Å². The number of hydrogen-bond donors (Lipinski definition) is 2. The van der Waals surface area contributed by atoms with E-state index in [0.29, 0.717) is 37.4 Å². The van der Waals surface area contributed by atoms with Crippen LogP contribution >= 0.6 is 0 Å². The number of carbonyl (C=O) groups is 1. The summed E-state index contributed by atoms with van der Waals surface area (Å²) in [4.78, 5) is 13.5. The molecule has 8 heteroatoms. The summed E-state index contributed by atoms with van der Waals surface area (Å²) in [7, 11) is 0. The van der Waals surface area contributed by atoms with E-state index in [1.807, 2.05) is 17.0 Å². The van der Waals surface area contributed by atoms with Crippen LogP contribution in [0, 0.1) is 0 Å². The number of nitrogen functional groups attached to an aromatic ring is 1. The van der Waals surface area contributed by atoms with Crippen molar-refractivity contribution in [3.05, 3.63) is 65.2 Å². The highest BCUT2D eigenvalue weighted by Crippen LogP contribution is 2.32. The number of benzene rings is 2. The number of morpholine rings is 1. The van der Waals surface area contributed by atoms with E-state index in [9.17, 15) is 18.0 Å². The number of nitrogens with two attached hydrogens (primary N) is 1. The van der Waals surface area contributed by atoms with Crippen molar-refractivity contribution < 1.29 is 22.7 Å². The van der Waals surface area contributed by atoms with Gasteiger partial charge in [0.05, 0.1) is 24.8 Å². The third-order valence-electron chi connectivity index (χ3n) is 4.55. The van der Waals surface area contributed by atoms with Crippen molar-refractivity contribution in [2.75, 3.05) is 24.7 Å². The third kappa shape index (κ3) is 4.58. The molecule has 3 N–H and O–H groups in total. The predicted molar refractivity (Wildman–Crippen MR) is 95.2 cm³/mol. The highest BCUT2D eigenvalue weighted by atomic mass is 19.4. The molecule has 1 unspecified atom stereocenters. The molecule has 1 amide bonds. The number of carbonyl (C=O) groups excluding carboxylic acids is 1. The molecule has 1 fully saturated rings. The summed E-state index contributed by atoms with van der Waals surface area (Å²) in [5, 5.41) is 0. The second kappa shape index (κ2) is 7.98. The first-order valence-electron chi connectivity index (χ1n) is 8.50. The highest BCUT2D eigenvalue weighted by Gasteiger charge is 2.32. The first-order chi connectivity index (χ1) is 12.9. The highest BCUT2D eigenvalue weighted by molar-refractivity contribution is 5.93. The zero-order chi connectivity index (χ0) is 19.4. The molecule has 1 heterocycles. The first-order valence-corrected chi connectivity index (χ1v) is 8.50. The number of amides is 1. The Balaban J connectivity index is 1.79. The van der Waals surface area contributed by atoms with Gasteiger partial charge in [-0.15, -0.1) is 0 Å². The van der Waals surface area contributed by atoms with Crippen LogP contribution in [0.2, 0.25) is 0 Å². The molecule has 144 valence electrons. The maximum atomic E-state index is 13.0.